The number of pyridine rings is 1. The fraction of sp³-hybridized carbons (Fsp3) is 0.263. The molecule has 0 bridgehead atoms. The van der Waals surface area contributed by atoms with Crippen molar-refractivity contribution in [2.24, 2.45) is 0 Å². The highest BCUT2D eigenvalue weighted by molar-refractivity contribution is 5.93. The summed E-state index contributed by atoms with van der Waals surface area (Å²) >= 11 is 0. The van der Waals surface area contributed by atoms with Crippen LogP contribution in [0.5, 0.6) is 0 Å². The monoisotopic (exact) mass is 323 g/mol. The average molecular weight is 323 g/mol. The normalized spacial score (nSPS) is 15.8. The van der Waals surface area contributed by atoms with Gasteiger partial charge in [0.15, 0.2) is 12.4 Å². The van der Waals surface area contributed by atoms with Crippen LogP contribution in [0.3, 0.4) is 0 Å². The van der Waals surface area contributed by atoms with Gasteiger partial charge >= 0.3 is 0 Å². The van der Waals surface area contributed by atoms with Crippen molar-refractivity contribution in [2.75, 3.05) is 32.7 Å². The van der Waals surface area contributed by atoms with E-state index in [4.69, 9.17) is 0 Å². The van der Waals surface area contributed by atoms with E-state index >= 15 is 0 Å². The Hall–Kier alpha value is -2.66. The molecule has 24 heavy (non-hydrogen) atoms. The first-order valence-corrected chi connectivity index (χ1v) is 8.14. The van der Waals surface area contributed by atoms with Crippen molar-refractivity contribution in [1.29, 1.82) is 0 Å². The topological polar surface area (TPSA) is 50.5 Å². The van der Waals surface area contributed by atoms with Crippen LogP contribution in [0, 0.1) is 5.21 Å². The molecule has 1 aliphatic heterocycles. The van der Waals surface area contributed by atoms with Crippen molar-refractivity contribution in [3.05, 3.63) is 77.3 Å². The maximum absolute atomic E-state index is 12.4. The molecule has 0 atom stereocenters. The Labute approximate surface area is 142 Å². The van der Waals surface area contributed by atoms with Crippen molar-refractivity contribution in [1.82, 2.24) is 9.80 Å². The van der Waals surface area contributed by atoms with Crippen molar-refractivity contribution in [3.63, 3.8) is 0 Å². The lowest BCUT2D eigenvalue weighted by atomic mass is 10.2. The summed E-state index contributed by atoms with van der Waals surface area (Å²) in [5.41, 5.74) is 1.64. The predicted molar refractivity (Wildman–Crippen MR) is 93.2 cm³/mol. The van der Waals surface area contributed by atoms with Crippen molar-refractivity contribution < 1.29 is 9.52 Å². The number of piperazine rings is 1. The van der Waals surface area contributed by atoms with Crippen LogP contribution in [0.1, 0.15) is 15.9 Å². The van der Waals surface area contributed by atoms with E-state index in [0.29, 0.717) is 23.4 Å². The van der Waals surface area contributed by atoms with Gasteiger partial charge in [-0.3, -0.25) is 9.69 Å². The fourth-order valence-electron chi connectivity index (χ4n) is 2.80. The molecule has 1 saturated heterocycles. The van der Waals surface area contributed by atoms with Gasteiger partial charge in [0.2, 0.25) is 0 Å². The molecule has 2 heterocycles. The molecule has 0 unspecified atom stereocenters. The van der Waals surface area contributed by atoms with Crippen LogP contribution >= 0.6 is 0 Å². The van der Waals surface area contributed by atoms with E-state index in [-0.39, 0.29) is 5.91 Å². The molecule has 5 heteroatoms. The second-order valence-electron chi connectivity index (χ2n) is 5.86. The molecule has 1 aliphatic rings. The minimum atomic E-state index is -0.0697. The highest BCUT2D eigenvalue weighted by Gasteiger charge is 2.22. The quantitative estimate of drug-likeness (QED) is 0.637. The van der Waals surface area contributed by atoms with Gasteiger partial charge in [0.1, 0.15) is 5.56 Å². The molecule has 0 radical (unpaired) electrons. The van der Waals surface area contributed by atoms with E-state index in [1.165, 1.54) is 18.0 Å². The summed E-state index contributed by atoms with van der Waals surface area (Å²) < 4.78 is 0.665. The zero-order chi connectivity index (χ0) is 16.8. The predicted octanol–water partition coefficient (Wildman–Crippen LogP) is 1.79. The van der Waals surface area contributed by atoms with Crippen LogP contribution in [-0.2, 0) is 0 Å². The number of carbonyl (C=O) groups excluding carboxylic acids is 1. The SMILES string of the molecule is O=C(c1ccc[n+]([O-])c1)N1CCN(C/C=C/c2ccccc2)CC1. The Morgan fingerprint density at radius 1 is 1.08 bits per heavy atom. The summed E-state index contributed by atoms with van der Waals surface area (Å²) in [6.45, 7) is 3.94. The van der Waals surface area contributed by atoms with Gasteiger partial charge in [0, 0.05) is 38.8 Å². The highest BCUT2D eigenvalue weighted by atomic mass is 16.5. The van der Waals surface area contributed by atoms with Crippen LogP contribution in [0.25, 0.3) is 6.08 Å². The zero-order valence-corrected chi connectivity index (χ0v) is 13.5. The Morgan fingerprint density at radius 3 is 2.54 bits per heavy atom. The van der Waals surface area contributed by atoms with Crippen LogP contribution in [0.4, 0.5) is 0 Å². The Kier molecular flexibility index (Phi) is 5.23. The molecule has 0 spiro atoms. The minimum absolute atomic E-state index is 0.0697. The summed E-state index contributed by atoms with van der Waals surface area (Å²) in [4.78, 5) is 16.5. The van der Waals surface area contributed by atoms with Gasteiger partial charge in [-0.05, 0) is 11.6 Å². The number of nitrogens with zero attached hydrogens (tertiary/aromatic N) is 3. The van der Waals surface area contributed by atoms with Crippen LogP contribution in [-0.4, -0.2) is 48.4 Å². The molecule has 5 nitrogen and oxygen atoms in total. The van der Waals surface area contributed by atoms with Crippen molar-refractivity contribution in [2.45, 2.75) is 0 Å². The Morgan fingerprint density at radius 2 is 1.83 bits per heavy atom. The third kappa shape index (κ3) is 4.20. The lowest BCUT2D eigenvalue weighted by Crippen LogP contribution is -2.48. The molecule has 1 fully saturated rings. The number of hydrogen-bond acceptors (Lipinski definition) is 3. The highest BCUT2D eigenvalue weighted by Crippen LogP contribution is 2.08. The second-order valence-corrected chi connectivity index (χ2v) is 5.86. The van der Waals surface area contributed by atoms with Crippen LogP contribution < -0.4 is 4.73 Å². The molecule has 1 amide bonds. The molecule has 0 aliphatic carbocycles. The van der Waals surface area contributed by atoms with Crippen molar-refractivity contribution in [3.8, 4) is 0 Å². The van der Waals surface area contributed by atoms with E-state index in [9.17, 15) is 10.0 Å². The van der Waals surface area contributed by atoms with Gasteiger partial charge in [-0.2, -0.15) is 4.73 Å². The number of hydrogen-bond donors (Lipinski definition) is 0. The third-order valence-corrected chi connectivity index (χ3v) is 4.16. The fourth-order valence-corrected chi connectivity index (χ4v) is 2.80. The maximum Gasteiger partial charge on any atom is 0.260 e. The number of carbonyl (C=O) groups is 1. The summed E-state index contributed by atoms with van der Waals surface area (Å²) in [6, 6.07) is 13.5. The largest absolute Gasteiger partial charge is 0.619 e. The molecular formula is C19H21N3O2. The Balaban J connectivity index is 1.49. The maximum atomic E-state index is 12.4. The van der Waals surface area contributed by atoms with Gasteiger partial charge in [0.05, 0.1) is 0 Å². The number of rotatable bonds is 4. The number of amides is 1. The first-order chi connectivity index (χ1) is 11.7. The third-order valence-electron chi connectivity index (χ3n) is 4.16. The van der Waals surface area contributed by atoms with Crippen LogP contribution in [0.15, 0.2) is 60.9 Å². The van der Waals surface area contributed by atoms with Gasteiger partial charge in [-0.25, -0.2) is 0 Å². The summed E-state index contributed by atoms with van der Waals surface area (Å²) in [5.74, 6) is -0.0697. The smallest absolute Gasteiger partial charge is 0.260 e. The molecule has 1 aromatic heterocycles. The minimum Gasteiger partial charge on any atom is -0.619 e. The number of aromatic nitrogens is 1. The lowest BCUT2D eigenvalue weighted by Gasteiger charge is -2.34. The standard InChI is InChI=1S/C19H21N3O2/c23-19(18-9-5-11-22(24)16-18)21-14-12-20(13-15-21)10-4-8-17-6-2-1-3-7-17/h1-9,11,16H,10,12-15H2/b8-4+. The van der Waals surface area contributed by atoms with E-state index in [0.717, 1.165) is 19.6 Å². The number of benzene rings is 1. The first-order valence-electron chi connectivity index (χ1n) is 8.14. The van der Waals surface area contributed by atoms with Gasteiger partial charge in [0.25, 0.3) is 5.91 Å². The lowest BCUT2D eigenvalue weighted by molar-refractivity contribution is -0.605. The average Bonchev–Trinajstić information content (AvgIpc) is 2.63. The second kappa shape index (κ2) is 7.75. The van der Waals surface area contributed by atoms with Gasteiger partial charge < -0.3 is 10.1 Å². The van der Waals surface area contributed by atoms with E-state index < -0.39 is 0 Å². The van der Waals surface area contributed by atoms with Gasteiger partial charge in [-0.15, -0.1) is 0 Å². The van der Waals surface area contributed by atoms with Crippen LogP contribution in [0.2, 0.25) is 0 Å². The van der Waals surface area contributed by atoms with Crippen molar-refractivity contribution >= 4 is 12.0 Å². The summed E-state index contributed by atoms with van der Waals surface area (Å²) in [7, 11) is 0. The van der Waals surface area contributed by atoms with Gasteiger partial charge in [-0.1, -0.05) is 42.5 Å². The molecule has 1 aromatic carbocycles. The molecule has 0 N–H and O–H groups in total. The zero-order valence-electron chi connectivity index (χ0n) is 13.5. The molecular weight excluding hydrogens is 302 g/mol. The summed E-state index contributed by atoms with van der Waals surface area (Å²) in [5, 5.41) is 11.3. The molecule has 124 valence electrons. The molecule has 0 saturated carbocycles. The molecule has 2 aromatic rings. The van der Waals surface area contributed by atoms with E-state index in [2.05, 4.69) is 29.2 Å². The Bertz CT molecular complexity index is 708. The summed E-state index contributed by atoms with van der Waals surface area (Å²) in [6.07, 6.45) is 6.99. The molecule has 3 rings (SSSR count). The van der Waals surface area contributed by atoms with E-state index in [1.54, 1.807) is 12.1 Å². The van der Waals surface area contributed by atoms with E-state index in [1.807, 2.05) is 23.1 Å². The first kappa shape index (κ1) is 16.2.